The summed E-state index contributed by atoms with van der Waals surface area (Å²) in [5, 5.41) is 0.651. The van der Waals surface area contributed by atoms with E-state index in [0.717, 1.165) is 17.5 Å². The van der Waals surface area contributed by atoms with Gasteiger partial charge < -0.3 is 18.9 Å². The lowest BCUT2D eigenvalue weighted by molar-refractivity contribution is -0.139. The van der Waals surface area contributed by atoms with Crippen LogP contribution >= 0.6 is 22.9 Å². The molecule has 8 nitrogen and oxygen atoms in total. The number of allylic oxidation sites excluding steroid dienone is 1. The molecule has 0 spiro atoms. The zero-order chi connectivity index (χ0) is 31.2. The van der Waals surface area contributed by atoms with Crippen LogP contribution in [0.25, 0.3) is 6.08 Å². The molecule has 3 aromatic carbocycles. The molecular weight excluding hydrogens is 600 g/mol. The van der Waals surface area contributed by atoms with E-state index in [1.807, 2.05) is 61.5 Å². The number of benzene rings is 3. The summed E-state index contributed by atoms with van der Waals surface area (Å²) in [4.78, 5) is 32.9. The van der Waals surface area contributed by atoms with Crippen LogP contribution in [0.15, 0.2) is 87.8 Å². The predicted molar refractivity (Wildman–Crippen MR) is 171 cm³/mol. The third kappa shape index (κ3) is 6.44. The number of aromatic nitrogens is 1. The van der Waals surface area contributed by atoms with Crippen LogP contribution in [0.3, 0.4) is 0 Å². The number of halogens is 1. The number of nitrogens with zero attached hydrogens (tertiary/aromatic N) is 2. The fourth-order valence-corrected chi connectivity index (χ4v) is 6.27. The van der Waals surface area contributed by atoms with Gasteiger partial charge in [-0.15, -0.1) is 0 Å². The van der Waals surface area contributed by atoms with Crippen LogP contribution < -0.4 is 29.1 Å². The minimum absolute atomic E-state index is 0.187. The second-order valence-corrected chi connectivity index (χ2v) is 11.4. The van der Waals surface area contributed by atoms with Crippen molar-refractivity contribution in [3.05, 3.63) is 119 Å². The highest BCUT2D eigenvalue weighted by Crippen LogP contribution is 2.38. The number of hydrogen-bond acceptors (Lipinski definition) is 8. The number of fused-ring (bicyclic) bond motifs is 1. The zero-order valence-corrected chi connectivity index (χ0v) is 26.5. The molecule has 0 radical (unpaired) electrons. The molecule has 1 atom stereocenters. The van der Waals surface area contributed by atoms with Gasteiger partial charge in [0.25, 0.3) is 5.56 Å². The van der Waals surface area contributed by atoms with E-state index in [9.17, 15) is 9.59 Å². The van der Waals surface area contributed by atoms with Gasteiger partial charge in [-0.25, -0.2) is 9.79 Å². The summed E-state index contributed by atoms with van der Waals surface area (Å²) in [7, 11) is 3.12. The lowest BCUT2D eigenvalue weighted by Crippen LogP contribution is -2.40. The molecule has 0 fully saturated rings. The first-order valence-electron chi connectivity index (χ1n) is 14.3. The molecule has 1 aliphatic heterocycles. The minimum Gasteiger partial charge on any atom is -0.497 e. The van der Waals surface area contributed by atoms with Crippen LogP contribution in [-0.2, 0) is 16.1 Å². The first kappa shape index (κ1) is 31.1. The first-order valence-corrected chi connectivity index (χ1v) is 15.5. The molecule has 0 saturated heterocycles. The van der Waals surface area contributed by atoms with Gasteiger partial charge in [-0.1, -0.05) is 66.6 Å². The average Bonchev–Trinajstić information content (AvgIpc) is 3.34. The Kier molecular flexibility index (Phi) is 9.87. The van der Waals surface area contributed by atoms with E-state index < -0.39 is 12.0 Å². The maximum atomic E-state index is 14.1. The Balaban J connectivity index is 1.59. The molecule has 0 bridgehead atoms. The van der Waals surface area contributed by atoms with Gasteiger partial charge in [-0.3, -0.25) is 9.36 Å². The number of rotatable bonds is 11. The number of methoxy groups -OCH3 is 2. The predicted octanol–water partition coefficient (Wildman–Crippen LogP) is 5.83. The fraction of sp³-hybridized carbons (Fsp3) is 0.265. The van der Waals surface area contributed by atoms with Crippen molar-refractivity contribution in [1.82, 2.24) is 4.57 Å². The Labute approximate surface area is 264 Å². The summed E-state index contributed by atoms with van der Waals surface area (Å²) in [6.07, 6.45) is 3.11. The molecule has 0 unspecified atom stereocenters. The highest BCUT2D eigenvalue weighted by Gasteiger charge is 2.36. The van der Waals surface area contributed by atoms with Crippen LogP contribution in [0.1, 0.15) is 49.4 Å². The van der Waals surface area contributed by atoms with Crippen molar-refractivity contribution in [2.75, 3.05) is 20.8 Å². The fourth-order valence-electron chi connectivity index (χ4n) is 5.06. The highest BCUT2D eigenvalue weighted by atomic mass is 35.5. The van der Waals surface area contributed by atoms with Crippen LogP contribution in [0.5, 0.6) is 17.2 Å². The maximum Gasteiger partial charge on any atom is 0.338 e. The van der Waals surface area contributed by atoms with E-state index >= 15 is 0 Å². The molecule has 2 heterocycles. The molecule has 44 heavy (non-hydrogen) atoms. The monoisotopic (exact) mass is 632 g/mol. The van der Waals surface area contributed by atoms with Gasteiger partial charge in [0.15, 0.2) is 4.80 Å². The van der Waals surface area contributed by atoms with Gasteiger partial charge in [-0.05, 0) is 61.4 Å². The third-order valence-electron chi connectivity index (χ3n) is 7.15. The summed E-state index contributed by atoms with van der Waals surface area (Å²) in [6, 6.07) is 19.5. The lowest BCUT2D eigenvalue weighted by atomic mass is 9.93. The maximum absolute atomic E-state index is 14.1. The topological polar surface area (TPSA) is 88.4 Å². The first-order chi connectivity index (χ1) is 21.4. The Hall–Kier alpha value is -4.34. The van der Waals surface area contributed by atoms with E-state index in [1.165, 1.54) is 11.3 Å². The quantitative estimate of drug-likeness (QED) is 0.193. The molecule has 0 amide bonds. The van der Waals surface area contributed by atoms with Crippen molar-refractivity contribution in [3.63, 3.8) is 0 Å². The van der Waals surface area contributed by atoms with Crippen molar-refractivity contribution in [2.45, 2.75) is 39.3 Å². The Bertz CT molecular complexity index is 1880. The standard InChI is InChI=1S/C34H33ClN2O6S/c1-5-9-27-30(33(39)42-6-2)31(25-19-24(40-3)16-17-28(25)41-4)37-32(38)29(44-34(37)36-27)18-21-12-14-23(15-13-21)43-20-22-10-7-8-11-26(22)35/h7-8,10-19,31H,5-6,9,20H2,1-4H3/b29-18-/t31-/m1/s1. The molecule has 0 N–H and O–H groups in total. The van der Waals surface area contributed by atoms with E-state index in [4.69, 9.17) is 35.5 Å². The summed E-state index contributed by atoms with van der Waals surface area (Å²) in [5.41, 5.74) is 2.94. The molecule has 0 aliphatic carbocycles. The van der Waals surface area contributed by atoms with Crippen molar-refractivity contribution in [2.24, 2.45) is 4.99 Å². The second-order valence-electron chi connectivity index (χ2n) is 9.97. The number of carbonyl (C=O) groups excluding carboxylic acids is 1. The van der Waals surface area contributed by atoms with Crippen molar-refractivity contribution in [3.8, 4) is 17.2 Å². The number of ether oxygens (including phenoxy) is 4. The lowest BCUT2D eigenvalue weighted by Gasteiger charge is -2.27. The van der Waals surface area contributed by atoms with Gasteiger partial charge in [-0.2, -0.15) is 0 Å². The molecule has 10 heteroatoms. The highest BCUT2D eigenvalue weighted by molar-refractivity contribution is 7.07. The summed E-state index contributed by atoms with van der Waals surface area (Å²) in [5.74, 6) is 1.24. The van der Waals surface area contributed by atoms with Crippen LogP contribution in [0.2, 0.25) is 5.02 Å². The number of carbonyl (C=O) groups is 1. The molecule has 228 valence electrons. The Morgan fingerprint density at radius 2 is 1.77 bits per heavy atom. The summed E-state index contributed by atoms with van der Waals surface area (Å²) < 4.78 is 24.6. The molecule has 1 aromatic heterocycles. The van der Waals surface area contributed by atoms with Crippen molar-refractivity contribution in [1.29, 1.82) is 0 Å². The average molecular weight is 633 g/mol. The Morgan fingerprint density at radius 1 is 1.02 bits per heavy atom. The second kappa shape index (κ2) is 14.0. The largest absolute Gasteiger partial charge is 0.497 e. The van der Waals surface area contributed by atoms with Gasteiger partial charge in [0.05, 0.1) is 36.6 Å². The van der Waals surface area contributed by atoms with Gasteiger partial charge in [0.1, 0.15) is 29.9 Å². The molecule has 4 aromatic rings. The zero-order valence-electron chi connectivity index (χ0n) is 25.0. The molecule has 1 aliphatic rings. The van der Waals surface area contributed by atoms with E-state index in [1.54, 1.807) is 43.9 Å². The van der Waals surface area contributed by atoms with Crippen molar-refractivity contribution >= 4 is 35.0 Å². The number of esters is 1. The van der Waals surface area contributed by atoms with Crippen molar-refractivity contribution < 1.29 is 23.7 Å². The smallest absolute Gasteiger partial charge is 0.338 e. The number of thiazole rings is 1. The van der Waals surface area contributed by atoms with E-state index in [-0.39, 0.29) is 12.2 Å². The third-order valence-corrected chi connectivity index (χ3v) is 8.51. The van der Waals surface area contributed by atoms with E-state index in [2.05, 4.69) is 0 Å². The van der Waals surface area contributed by atoms with Gasteiger partial charge in [0, 0.05) is 16.1 Å². The molecule has 0 saturated carbocycles. The SMILES string of the molecule is CCCC1=C(C(=O)OCC)[C@@H](c2cc(OC)ccc2OC)n2c(s/c(=C\c3ccc(OCc4ccccc4Cl)cc3)c2=O)=N1. The summed E-state index contributed by atoms with van der Waals surface area (Å²) in [6.45, 7) is 4.30. The minimum atomic E-state index is -0.820. The van der Waals surface area contributed by atoms with Crippen LogP contribution in [0.4, 0.5) is 0 Å². The summed E-state index contributed by atoms with van der Waals surface area (Å²) >= 11 is 7.52. The van der Waals surface area contributed by atoms with Gasteiger partial charge >= 0.3 is 5.97 Å². The van der Waals surface area contributed by atoms with E-state index in [0.29, 0.717) is 61.5 Å². The Morgan fingerprint density at radius 3 is 2.45 bits per heavy atom. The number of hydrogen-bond donors (Lipinski definition) is 0. The molecular formula is C34H33ClN2O6S. The van der Waals surface area contributed by atoms with Crippen LogP contribution in [-0.4, -0.2) is 31.4 Å². The van der Waals surface area contributed by atoms with Crippen LogP contribution in [0, 0.1) is 0 Å². The molecule has 5 rings (SSSR count). The normalized spacial score (nSPS) is 14.6. The van der Waals surface area contributed by atoms with Gasteiger partial charge in [0.2, 0.25) is 0 Å².